The average molecular weight is 216 g/mol. The molecule has 0 aromatic carbocycles. The van der Waals surface area contributed by atoms with Crippen LogP contribution in [0.25, 0.3) is 0 Å². The highest BCUT2D eigenvalue weighted by Gasteiger charge is 2.21. The molecular weight excluding hydrogens is 205 g/mol. The normalized spacial score (nSPS) is 15.6. The molecule has 0 amide bonds. The predicted molar refractivity (Wildman–Crippen MR) is 52.0 cm³/mol. The minimum absolute atomic E-state index is 0.0510. The van der Waals surface area contributed by atoms with Gasteiger partial charge in [0, 0.05) is 6.20 Å². The van der Waals surface area contributed by atoms with Crippen LogP contribution in [0.3, 0.4) is 0 Å². The first-order valence-corrected chi connectivity index (χ1v) is 5.07. The van der Waals surface area contributed by atoms with E-state index < -0.39 is 5.82 Å². The molecule has 4 heteroatoms. The summed E-state index contributed by atoms with van der Waals surface area (Å²) in [5.74, 6) is 0.341. The lowest BCUT2D eigenvalue weighted by Crippen LogP contribution is -2.01. The second kappa shape index (κ2) is 4.13. The van der Waals surface area contributed by atoms with Crippen LogP contribution in [0.4, 0.5) is 4.39 Å². The Morgan fingerprint density at radius 3 is 3.00 bits per heavy atom. The molecule has 0 N–H and O–H groups in total. The lowest BCUT2D eigenvalue weighted by atomic mass is 10.3. The number of nitrogens with zero attached hydrogens (tertiary/aromatic N) is 1. The van der Waals surface area contributed by atoms with E-state index >= 15 is 0 Å². The first-order valence-electron chi connectivity index (χ1n) is 4.69. The van der Waals surface area contributed by atoms with E-state index in [1.807, 2.05) is 0 Å². The van der Waals surface area contributed by atoms with Crippen molar-refractivity contribution in [1.29, 1.82) is 0 Å². The van der Waals surface area contributed by atoms with Crippen LogP contribution in [0.1, 0.15) is 19.3 Å². The Hall–Kier alpha value is -0.830. The maximum Gasteiger partial charge on any atom is 0.250 e. The van der Waals surface area contributed by atoms with Crippen molar-refractivity contribution in [2.75, 3.05) is 6.61 Å². The third-order valence-corrected chi connectivity index (χ3v) is 2.44. The monoisotopic (exact) mass is 215 g/mol. The van der Waals surface area contributed by atoms with E-state index in [2.05, 4.69) is 4.98 Å². The molecule has 0 aliphatic heterocycles. The summed E-state index contributed by atoms with van der Waals surface area (Å²) in [4.78, 5) is 3.77. The third-order valence-electron chi connectivity index (χ3n) is 2.24. The van der Waals surface area contributed by atoms with Crippen molar-refractivity contribution in [2.24, 2.45) is 5.92 Å². The second-order valence-corrected chi connectivity index (χ2v) is 3.96. The Morgan fingerprint density at radius 2 is 2.36 bits per heavy atom. The summed E-state index contributed by atoms with van der Waals surface area (Å²) in [5, 5.41) is 0.289. The fourth-order valence-electron chi connectivity index (χ4n) is 1.24. The van der Waals surface area contributed by atoms with Gasteiger partial charge >= 0.3 is 0 Å². The van der Waals surface area contributed by atoms with Crippen molar-refractivity contribution in [2.45, 2.75) is 19.3 Å². The lowest BCUT2D eigenvalue weighted by molar-refractivity contribution is 0.276. The number of hydrogen-bond donors (Lipinski definition) is 0. The predicted octanol–water partition coefficient (Wildman–Crippen LogP) is 3.05. The molecule has 14 heavy (non-hydrogen) atoms. The van der Waals surface area contributed by atoms with Crippen molar-refractivity contribution in [3.63, 3.8) is 0 Å². The van der Waals surface area contributed by atoms with Crippen LogP contribution in [0.5, 0.6) is 5.88 Å². The van der Waals surface area contributed by atoms with Gasteiger partial charge in [-0.05, 0) is 18.4 Å². The molecule has 2 rings (SSSR count). The van der Waals surface area contributed by atoms with Gasteiger partial charge in [-0.2, -0.15) is 0 Å². The number of aromatic nitrogens is 1. The summed E-state index contributed by atoms with van der Waals surface area (Å²) < 4.78 is 18.3. The lowest BCUT2D eigenvalue weighted by Gasteiger charge is -2.04. The molecule has 1 aromatic rings. The summed E-state index contributed by atoms with van der Waals surface area (Å²) in [7, 11) is 0. The Bertz CT molecular complexity index is 328. The van der Waals surface area contributed by atoms with E-state index in [1.54, 1.807) is 0 Å². The summed E-state index contributed by atoms with van der Waals surface area (Å²) in [5.41, 5.74) is 0. The zero-order valence-electron chi connectivity index (χ0n) is 7.67. The number of hydrogen-bond acceptors (Lipinski definition) is 2. The zero-order valence-corrected chi connectivity index (χ0v) is 8.43. The van der Waals surface area contributed by atoms with Gasteiger partial charge in [-0.25, -0.2) is 9.37 Å². The molecule has 1 heterocycles. The maximum absolute atomic E-state index is 13.1. The van der Waals surface area contributed by atoms with Crippen molar-refractivity contribution in [3.8, 4) is 5.88 Å². The fourth-order valence-corrected chi connectivity index (χ4v) is 1.38. The van der Waals surface area contributed by atoms with Gasteiger partial charge < -0.3 is 4.74 Å². The quantitative estimate of drug-likeness (QED) is 0.770. The van der Waals surface area contributed by atoms with Crippen LogP contribution < -0.4 is 4.74 Å². The molecule has 76 valence electrons. The molecule has 1 saturated carbocycles. The fraction of sp³-hybridized carbons (Fsp3) is 0.500. The van der Waals surface area contributed by atoms with Gasteiger partial charge in [0.05, 0.1) is 11.6 Å². The minimum Gasteiger partial charge on any atom is -0.476 e. The molecule has 1 fully saturated rings. The van der Waals surface area contributed by atoms with Gasteiger partial charge in [-0.3, -0.25) is 0 Å². The van der Waals surface area contributed by atoms with E-state index in [9.17, 15) is 4.39 Å². The highest BCUT2D eigenvalue weighted by atomic mass is 35.5. The highest BCUT2D eigenvalue weighted by molar-refractivity contribution is 6.30. The molecule has 1 aliphatic carbocycles. The average Bonchev–Trinajstić information content (AvgIpc) is 2.92. The van der Waals surface area contributed by atoms with Crippen molar-refractivity contribution < 1.29 is 9.13 Å². The van der Waals surface area contributed by atoms with Gasteiger partial charge in [0.1, 0.15) is 0 Å². The summed E-state index contributed by atoms with van der Waals surface area (Å²) in [6.45, 7) is 0.538. The SMILES string of the molecule is Fc1cc(Cl)cnc1OCCC1CC1. The van der Waals surface area contributed by atoms with Gasteiger partial charge in [-0.15, -0.1) is 0 Å². The summed E-state index contributed by atoms with van der Waals surface area (Å²) >= 11 is 5.55. The van der Waals surface area contributed by atoms with Crippen LogP contribution >= 0.6 is 11.6 Å². The van der Waals surface area contributed by atoms with Gasteiger partial charge in [-0.1, -0.05) is 24.4 Å². The Kier molecular flexibility index (Phi) is 2.87. The Labute approximate surface area is 87.1 Å². The maximum atomic E-state index is 13.1. The summed E-state index contributed by atoms with van der Waals surface area (Å²) in [6, 6.07) is 1.21. The minimum atomic E-state index is -0.492. The van der Waals surface area contributed by atoms with Gasteiger partial charge in [0.15, 0.2) is 5.82 Å². The second-order valence-electron chi connectivity index (χ2n) is 3.52. The van der Waals surface area contributed by atoms with Crippen LogP contribution in [0.2, 0.25) is 5.02 Å². The van der Waals surface area contributed by atoms with Crippen molar-refractivity contribution in [1.82, 2.24) is 4.98 Å². The number of pyridine rings is 1. The molecule has 0 bridgehead atoms. The molecular formula is C10H11ClFNO. The molecule has 0 unspecified atom stereocenters. The number of ether oxygens (including phenoxy) is 1. The molecule has 0 atom stereocenters. The molecule has 0 radical (unpaired) electrons. The van der Waals surface area contributed by atoms with Gasteiger partial charge in [0.25, 0.3) is 0 Å². The molecule has 0 saturated heterocycles. The van der Waals surface area contributed by atoms with Gasteiger partial charge in [0.2, 0.25) is 5.88 Å². The molecule has 1 aliphatic rings. The van der Waals surface area contributed by atoms with E-state index in [-0.39, 0.29) is 10.9 Å². The van der Waals surface area contributed by atoms with E-state index in [1.165, 1.54) is 25.1 Å². The van der Waals surface area contributed by atoms with E-state index in [4.69, 9.17) is 16.3 Å². The first kappa shape index (κ1) is 9.71. The Balaban J connectivity index is 1.87. The smallest absolute Gasteiger partial charge is 0.250 e. The molecule has 0 spiro atoms. The molecule has 1 aromatic heterocycles. The summed E-state index contributed by atoms with van der Waals surface area (Å²) in [6.07, 6.45) is 4.93. The van der Waals surface area contributed by atoms with Crippen LogP contribution in [0.15, 0.2) is 12.3 Å². The van der Waals surface area contributed by atoms with Crippen LogP contribution in [-0.4, -0.2) is 11.6 Å². The van der Waals surface area contributed by atoms with E-state index in [0.29, 0.717) is 6.61 Å². The van der Waals surface area contributed by atoms with Crippen LogP contribution in [-0.2, 0) is 0 Å². The number of halogens is 2. The highest BCUT2D eigenvalue weighted by Crippen LogP contribution is 2.32. The van der Waals surface area contributed by atoms with Crippen molar-refractivity contribution >= 4 is 11.6 Å². The van der Waals surface area contributed by atoms with Crippen molar-refractivity contribution in [3.05, 3.63) is 23.1 Å². The standard InChI is InChI=1S/C10H11ClFNO/c11-8-5-9(12)10(13-6-8)14-4-3-7-1-2-7/h5-7H,1-4H2. The Morgan fingerprint density at radius 1 is 1.57 bits per heavy atom. The number of rotatable bonds is 4. The zero-order chi connectivity index (χ0) is 9.97. The van der Waals surface area contributed by atoms with E-state index in [0.717, 1.165) is 12.3 Å². The topological polar surface area (TPSA) is 22.1 Å². The third kappa shape index (κ3) is 2.58. The largest absolute Gasteiger partial charge is 0.476 e. The molecule has 2 nitrogen and oxygen atoms in total. The first-order chi connectivity index (χ1) is 6.75. The van der Waals surface area contributed by atoms with Crippen LogP contribution in [0, 0.1) is 11.7 Å².